The Hall–Kier alpha value is 1.75. The van der Waals surface area contributed by atoms with Crippen molar-refractivity contribution >= 4 is 53.4 Å². The maximum Gasteiger partial charge on any atom is 0.157 e. The van der Waals surface area contributed by atoms with E-state index < -0.39 is 23.4 Å². The second-order valence-electron chi connectivity index (χ2n) is 5.16. The van der Waals surface area contributed by atoms with E-state index in [-0.39, 0.29) is 16.2 Å². The second kappa shape index (κ2) is 10.5. The SMILES string of the molecule is COC(CCS(SS[SiH](C)C)([SiH](C)C)[SH](C)C)OC. The van der Waals surface area contributed by atoms with E-state index in [9.17, 15) is 0 Å². The lowest BCUT2D eigenvalue weighted by atomic mass is 10.5. The molecule has 1 unspecified atom stereocenters. The molecule has 0 saturated heterocycles. The zero-order valence-corrected chi connectivity index (χ0v) is 19.3. The summed E-state index contributed by atoms with van der Waals surface area (Å²) in [5.41, 5.74) is 0. The smallest absolute Gasteiger partial charge is 0.157 e. The molecule has 0 saturated carbocycles. The third kappa shape index (κ3) is 7.03. The van der Waals surface area contributed by atoms with Crippen molar-refractivity contribution in [2.75, 3.05) is 32.5 Å². The van der Waals surface area contributed by atoms with Crippen molar-refractivity contribution < 1.29 is 9.47 Å². The summed E-state index contributed by atoms with van der Waals surface area (Å²) in [7, 11) is 6.48. The Morgan fingerprint density at radius 1 is 1.11 bits per heavy atom. The van der Waals surface area contributed by atoms with E-state index in [0.29, 0.717) is 0 Å². The Morgan fingerprint density at radius 3 is 1.95 bits per heavy atom. The van der Waals surface area contributed by atoms with E-state index in [1.807, 2.05) is 0 Å². The summed E-state index contributed by atoms with van der Waals surface area (Å²) in [6, 6.07) is 0. The molecule has 19 heavy (non-hydrogen) atoms. The van der Waals surface area contributed by atoms with Crippen LogP contribution in [-0.2, 0) is 9.47 Å². The molecule has 2 nitrogen and oxygen atoms in total. The van der Waals surface area contributed by atoms with Gasteiger partial charge in [0.25, 0.3) is 0 Å². The summed E-state index contributed by atoms with van der Waals surface area (Å²) in [6.45, 7) is 9.96. The number of rotatable bonds is 10. The number of thiol groups is 1. The Labute approximate surface area is 133 Å². The molecule has 0 rings (SSSR count). The number of methoxy groups -OCH3 is 2. The summed E-state index contributed by atoms with van der Waals surface area (Å²) in [5.74, 6) is 1.32. The van der Waals surface area contributed by atoms with Crippen LogP contribution in [0, 0.1) is 0 Å². The van der Waals surface area contributed by atoms with Crippen LogP contribution in [0.4, 0.5) is 0 Å². The van der Waals surface area contributed by atoms with Crippen LogP contribution in [0.1, 0.15) is 6.42 Å². The van der Waals surface area contributed by atoms with Crippen molar-refractivity contribution in [1.82, 2.24) is 0 Å². The van der Waals surface area contributed by atoms with E-state index in [1.165, 1.54) is 5.75 Å². The lowest BCUT2D eigenvalue weighted by Gasteiger charge is -2.48. The first-order valence-electron chi connectivity index (χ1n) is 6.68. The first-order chi connectivity index (χ1) is 8.80. The zero-order valence-electron chi connectivity index (χ0n) is 13.6. The first kappa shape index (κ1) is 20.8. The second-order valence-corrected chi connectivity index (χ2v) is 34.0. The molecular formula is C11H32O2S4Si2. The quantitative estimate of drug-likeness (QED) is 0.264. The monoisotopic (exact) mass is 380 g/mol. The first-order valence-corrected chi connectivity index (χ1v) is 21.6. The molecule has 0 aromatic carbocycles. The molecule has 0 amide bonds. The lowest BCUT2D eigenvalue weighted by Crippen LogP contribution is -2.21. The van der Waals surface area contributed by atoms with Crippen molar-refractivity contribution in [3.05, 3.63) is 0 Å². The molecule has 0 aromatic heterocycles. The van der Waals surface area contributed by atoms with Gasteiger partial charge in [0.1, 0.15) is 7.95 Å². The van der Waals surface area contributed by atoms with E-state index in [1.54, 1.807) is 14.2 Å². The largest absolute Gasteiger partial charge is 0.356 e. The fourth-order valence-electron chi connectivity index (χ4n) is 1.76. The van der Waals surface area contributed by atoms with Crippen molar-refractivity contribution in [1.29, 1.82) is 0 Å². The van der Waals surface area contributed by atoms with Crippen LogP contribution in [0.5, 0.6) is 0 Å². The average Bonchev–Trinajstić information content (AvgIpc) is 2.32. The van der Waals surface area contributed by atoms with Crippen LogP contribution in [0.3, 0.4) is 0 Å². The minimum atomic E-state index is -0.654. The molecule has 8 heteroatoms. The Kier molecular flexibility index (Phi) is 11.4. The highest BCUT2D eigenvalue weighted by Gasteiger charge is 2.32. The van der Waals surface area contributed by atoms with Crippen LogP contribution >= 0.6 is 37.5 Å². The summed E-state index contributed by atoms with van der Waals surface area (Å²) in [5, 5.41) is 0. The predicted molar refractivity (Wildman–Crippen MR) is 109 cm³/mol. The van der Waals surface area contributed by atoms with Crippen molar-refractivity contribution in [3.8, 4) is 0 Å². The van der Waals surface area contributed by atoms with Gasteiger partial charge in [-0.3, -0.25) is 0 Å². The molecule has 0 spiro atoms. The summed E-state index contributed by atoms with van der Waals surface area (Å²) in [4.78, 5) is 0. The van der Waals surface area contributed by atoms with Gasteiger partial charge in [-0.2, -0.15) is 7.54 Å². The standard InChI is InChI=1S/C11H32O2S4Si2/c1-12-11(13-2)9-10-17(16(3)4,19(7)8)14-15-18(5)6/h11,16,18-19H,9-10H2,1-8H3. The molecule has 0 fully saturated rings. The predicted octanol–water partition coefficient (Wildman–Crippen LogP) is 4.24. The molecule has 0 bridgehead atoms. The fraction of sp³-hybridized carbons (Fsp3) is 1.00. The molecule has 0 heterocycles. The fourth-order valence-corrected chi connectivity index (χ4v) is 47.9. The molecule has 0 radical (unpaired) electrons. The van der Waals surface area contributed by atoms with E-state index in [2.05, 4.69) is 58.8 Å². The Balaban J connectivity index is 4.81. The van der Waals surface area contributed by atoms with Crippen LogP contribution in [0.2, 0.25) is 26.2 Å². The van der Waals surface area contributed by atoms with E-state index >= 15 is 0 Å². The van der Waals surface area contributed by atoms with Gasteiger partial charge in [-0.15, -0.1) is 10.2 Å². The molecule has 1 atom stereocenters. The molecule has 0 N–H and O–H groups in total. The normalized spacial score (nSPS) is 17.9. The summed E-state index contributed by atoms with van der Waals surface area (Å²) in [6.07, 6.45) is 6.02. The number of hydrogen-bond acceptors (Lipinski definition) is 4. The molecule has 0 aliphatic heterocycles. The van der Waals surface area contributed by atoms with Gasteiger partial charge in [0.15, 0.2) is 6.29 Å². The topological polar surface area (TPSA) is 18.5 Å². The summed E-state index contributed by atoms with van der Waals surface area (Å²) < 4.78 is 10.8. The number of ether oxygens (including phenoxy) is 2. The third-order valence-electron chi connectivity index (χ3n) is 2.88. The lowest BCUT2D eigenvalue weighted by molar-refractivity contribution is -0.102. The highest BCUT2D eigenvalue weighted by atomic mass is 33.8. The van der Waals surface area contributed by atoms with Crippen LogP contribution < -0.4 is 0 Å². The van der Waals surface area contributed by atoms with Gasteiger partial charge < -0.3 is 9.47 Å². The number of hydrogen-bond donors (Lipinski definition) is 1. The molecule has 0 aliphatic rings. The van der Waals surface area contributed by atoms with Gasteiger partial charge in [-0.25, -0.2) is 9.93 Å². The van der Waals surface area contributed by atoms with Crippen LogP contribution in [0.25, 0.3) is 0 Å². The average molecular weight is 381 g/mol. The van der Waals surface area contributed by atoms with Crippen LogP contribution in [0.15, 0.2) is 0 Å². The molecule has 0 aromatic rings. The molecule has 120 valence electrons. The van der Waals surface area contributed by atoms with E-state index in [4.69, 9.17) is 9.47 Å². The van der Waals surface area contributed by atoms with Gasteiger partial charge >= 0.3 is 0 Å². The van der Waals surface area contributed by atoms with Gasteiger partial charge in [0.2, 0.25) is 0 Å². The van der Waals surface area contributed by atoms with Crippen molar-refractivity contribution in [2.24, 2.45) is 0 Å². The van der Waals surface area contributed by atoms with Gasteiger partial charge in [-0.05, 0) is 28.1 Å². The van der Waals surface area contributed by atoms with Crippen molar-refractivity contribution in [2.45, 2.75) is 38.9 Å². The van der Waals surface area contributed by atoms with Gasteiger partial charge in [0, 0.05) is 20.6 Å². The maximum atomic E-state index is 5.39. The minimum Gasteiger partial charge on any atom is -0.356 e. The maximum absolute atomic E-state index is 5.39. The van der Waals surface area contributed by atoms with E-state index in [0.717, 1.165) is 6.42 Å². The Morgan fingerprint density at radius 2 is 1.63 bits per heavy atom. The van der Waals surface area contributed by atoms with Crippen LogP contribution in [-0.4, -0.2) is 54.7 Å². The van der Waals surface area contributed by atoms with Gasteiger partial charge in [-0.1, -0.05) is 26.2 Å². The highest BCUT2D eigenvalue weighted by molar-refractivity contribution is 9.47. The van der Waals surface area contributed by atoms with Gasteiger partial charge in [0.05, 0.1) is 7.95 Å². The zero-order chi connectivity index (χ0) is 15.1. The summed E-state index contributed by atoms with van der Waals surface area (Å²) >= 11 is 0. The van der Waals surface area contributed by atoms with Crippen molar-refractivity contribution in [3.63, 3.8) is 0 Å². The molecule has 0 aliphatic carbocycles. The minimum absolute atomic E-state index is 0.0172. The highest BCUT2D eigenvalue weighted by Crippen LogP contribution is 2.79. The molecular weight excluding hydrogens is 349 g/mol. The Bertz CT molecular complexity index is 231. The third-order valence-corrected chi connectivity index (χ3v) is 45.0.